The first-order chi connectivity index (χ1) is 11.4. The second-order valence-corrected chi connectivity index (χ2v) is 5.88. The number of carbonyl (C=O) groups is 1. The number of nitrogens with zero attached hydrogens (tertiary/aromatic N) is 1. The number of rotatable bonds is 6. The lowest BCUT2D eigenvalue weighted by molar-refractivity contribution is -0.120. The minimum Gasteiger partial charge on any atom is -0.495 e. The summed E-state index contributed by atoms with van der Waals surface area (Å²) in [6, 6.07) is 11.8. The Balaban J connectivity index is 2.06. The minimum atomic E-state index is -0.421. The van der Waals surface area contributed by atoms with Crippen LogP contribution in [0.4, 0.5) is 10.1 Å². The Kier molecular flexibility index (Phi) is 5.93. The molecule has 5 heteroatoms. The van der Waals surface area contributed by atoms with Crippen molar-refractivity contribution >= 4 is 11.6 Å². The van der Waals surface area contributed by atoms with E-state index in [9.17, 15) is 9.18 Å². The Bertz CT molecular complexity index is 718. The van der Waals surface area contributed by atoms with Crippen molar-refractivity contribution in [2.45, 2.75) is 26.4 Å². The van der Waals surface area contributed by atoms with Crippen LogP contribution in [0.1, 0.15) is 18.1 Å². The second kappa shape index (κ2) is 7.93. The van der Waals surface area contributed by atoms with E-state index >= 15 is 0 Å². The lowest BCUT2D eigenvalue weighted by Crippen LogP contribution is -2.39. The van der Waals surface area contributed by atoms with Gasteiger partial charge in [0.25, 0.3) is 0 Å². The SMILES string of the molecule is COc1ccc(C)cc1NC(=O)[C@@H](C)N(C)Cc1ccccc1F. The predicted molar refractivity (Wildman–Crippen MR) is 93.7 cm³/mol. The smallest absolute Gasteiger partial charge is 0.241 e. The summed E-state index contributed by atoms with van der Waals surface area (Å²) < 4.78 is 19.0. The van der Waals surface area contributed by atoms with E-state index in [1.165, 1.54) is 6.07 Å². The quantitative estimate of drug-likeness (QED) is 0.880. The number of anilines is 1. The largest absolute Gasteiger partial charge is 0.495 e. The molecule has 0 aliphatic carbocycles. The molecule has 0 bridgehead atoms. The Hall–Kier alpha value is -2.40. The van der Waals surface area contributed by atoms with Crippen molar-refractivity contribution in [3.05, 3.63) is 59.4 Å². The summed E-state index contributed by atoms with van der Waals surface area (Å²) in [5, 5.41) is 2.88. The van der Waals surface area contributed by atoms with E-state index < -0.39 is 6.04 Å². The van der Waals surface area contributed by atoms with Gasteiger partial charge in [-0.3, -0.25) is 9.69 Å². The fourth-order valence-corrected chi connectivity index (χ4v) is 2.39. The Labute approximate surface area is 142 Å². The number of ether oxygens (including phenoxy) is 1. The average molecular weight is 330 g/mol. The fourth-order valence-electron chi connectivity index (χ4n) is 2.39. The van der Waals surface area contributed by atoms with Gasteiger partial charge in [-0.1, -0.05) is 24.3 Å². The van der Waals surface area contributed by atoms with Crippen LogP contribution in [0.25, 0.3) is 0 Å². The van der Waals surface area contributed by atoms with Crippen LogP contribution < -0.4 is 10.1 Å². The van der Waals surface area contributed by atoms with Gasteiger partial charge < -0.3 is 10.1 Å². The van der Waals surface area contributed by atoms with Crippen LogP contribution in [0.3, 0.4) is 0 Å². The molecule has 0 aromatic heterocycles. The molecule has 0 saturated carbocycles. The van der Waals surface area contributed by atoms with Gasteiger partial charge in [0.15, 0.2) is 0 Å². The molecule has 2 rings (SSSR count). The number of amides is 1. The molecule has 0 fully saturated rings. The molecule has 0 aliphatic rings. The van der Waals surface area contributed by atoms with Gasteiger partial charge >= 0.3 is 0 Å². The van der Waals surface area contributed by atoms with Crippen molar-refractivity contribution in [3.8, 4) is 5.75 Å². The van der Waals surface area contributed by atoms with Crippen molar-refractivity contribution in [1.82, 2.24) is 4.90 Å². The van der Waals surface area contributed by atoms with Crippen LogP contribution in [0, 0.1) is 12.7 Å². The van der Waals surface area contributed by atoms with E-state index in [-0.39, 0.29) is 11.7 Å². The fraction of sp³-hybridized carbons (Fsp3) is 0.316. The number of aryl methyl sites for hydroxylation is 1. The van der Waals surface area contributed by atoms with Crippen molar-refractivity contribution in [3.63, 3.8) is 0 Å². The first kappa shape index (κ1) is 17.9. The zero-order chi connectivity index (χ0) is 17.7. The molecule has 0 aliphatic heterocycles. The third kappa shape index (κ3) is 4.32. The van der Waals surface area contributed by atoms with E-state index in [0.29, 0.717) is 23.5 Å². The van der Waals surface area contributed by atoms with Crippen molar-refractivity contribution < 1.29 is 13.9 Å². The highest BCUT2D eigenvalue weighted by molar-refractivity contribution is 5.95. The molecule has 1 N–H and O–H groups in total. The van der Waals surface area contributed by atoms with E-state index in [4.69, 9.17) is 4.74 Å². The van der Waals surface area contributed by atoms with Gasteiger partial charge in [0, 0.05) is 12.1 Å². The lowest BCUT2D eigenvalue weighted by Gasteiger charge is -2.24. The van der Waals surface area contributed by atoms with Gasteiger partial charge in [0.05, 0.1) is 18.8 Å². The highest BCUT2D eigenvalue weighted by atomic mass is 19.1. The number of likely N-dealkylation sites (N-methyl/N-ethyl adjacent to an activating group) is 1. The molecule has 0 spiro atoms. The topological polar surface area (TPSA) is 41.6 Å². The molecule has 128 valence electrons. The molecule has 24 heavy (non-hydrogen) atoms. The standard InChI is InChI=1S/C19H23FN2O2/c1-13-9-10-18(24-4)17(11-13)21-19(23)14(2)22(3)12-15-7-5-6-8-16(15)20/h5-11,14H,12H2,1-4H3,(H,21,23)/t14-/m1/s1. The molecule has 1 amide bonds. The van der Waals surface area contributed by atoms with Crippen molar-refractivity contribution in [2.24, 2.45) is 0 Å². The third-order valence-corrected chi connectivity index (χ3v) is 4.03. The average Bonchev–Trinajstić information content (AvgIpc) is 2.56. The summed E-state index contributed by atoms with van der Waals surface area (Å²) >= 11 is 0. The molecular formula is C19H23FN2O2. The molecular weight excluding hydrogens is 307 g/mol. The van der Waals surface area contributed by atoms with Gasteiger partial charge in [-0.25, -0.2) is 4.39 Å². The van der Waals surface area contributed by atoms with Gasteiger partial charge in [0.1, 0.15) is 11.6 Å². The molecule has 1 atom stereocenters. The van der Waals surface area contributed by atoms with Crippen molar-refractivity contribution in [1.29, 1.82) is 0 Å². The van der Waals surface area contributed by atoms with Gasteiger partial charge in [0.2, 0.25) is 5.91 Å². The molecule has 2 aromatic carbocycles. The summed E-state index contributed by atoms with van der Waals surface area (Å²) in [6.07, 6.45) is 0. The summed E-state index contributed by atoms with van der Waals surface area (Å²) in [4.78, 5) is 14.3. The molecule has 0 radical (unpaired) electrons. The summed E-state index contributed by atoms with van der Waals surface area (Å²) in [7, 11) is 3.36. The molecule has 0 saturated heterocycles. The maximum absolute atomic E-state index is 13.8. The van der Waals surface area contributed by atoms with E-state index in [1.54, 1.807) is 44.2 Å². The zero-order valence-corrected chi connectivity index (χ0v) is 14.5. The summed E-state index contributed by atoms with van der Waals surface area (Å²) in [5.74, 6) is 0.174. The number of nitrogens with one attached hydrogen (secondary N) is 1. The number of hydrogen-bond donors (Lipinski definition) is 1. The number of methoxy groups -OCH3 is 1. The normalized spacial score (nSPS) is 12.1. The van der Waals surface area contributed by atoms with E-state index in [0.717, 1.165) is 5.56 Å². The highest BCUT2D eigenvalue weighted by Gasteiger charge is 2.20. The van der Waals surface area contributed by atoms with E-state index in [2.05, 4.69) is 5.32 Å². The highest BCUT2D eigenvalue weighted by Crippen LogP contribution is 2.25. The maximum atomic E-state index is 13.8. The van der Waals surface area contributed by atoms with Crippen LogP contribution in [0.5, 0.6) is 5.75 Å². The first-order valence-electron chi connectivity index (χ1n) is 7.81. The van der Waals surface area contributed by atoms with Gasteiger partial charge in [-0.05, 0) is 44.7 Å². The summed E-state index contributed by atoms with van der Waals surface area (Å²) in [5.41, 5.74) is 2.22. The number of halogens is 1. The van der Waals surface area contributed by atoms with Crippen LogP contribution in [0.2, 0.25) is 0 Å². The van der Waals surface area contributed by atoms with Crippen LogP contribution >= 0.6 is 0 Å². The van der Waals surface area contributed by atoms with Gasteiger partial charge in [-0.2, -0.15) is 0 Å². The molecule has 0 heterocycles. The predicted octanol–water partition coefficient (Wildman–Crippen LogP) is 3.60. The maximum Gasteiger partial charge on any atom is 0.241 e. The van der Waals surface area contributed by atoms with Crippen molar-refractivity contribution in [2.75, 3.05) is 19.5 Å². The first-order valence-corrected chi connectivity index (χ1v) is 7.81. The Morgan fingerprint density at radius 2 is 2.00 bits per heavy atom. The van der Waals surface area contributed by atoms with E-state index in [1.807, 2.05) is 25.1 Å². The molecule has 4 nitrogen and oxygen atoms in total. The Morgan fingerprint density at radius 1 is 1.29 bits per heavy atom. The van der Waals surface area contributed by atoms with Crippen LogP contribution in [-0.2, 0) is 11.3 Å². The van der Waals surface area contributed by atoms with Gasteiger partial charge in [-0.15, -0.1) is 0 Å². The molecule has 0 unspecified atom stereocenters. The van der Waals surface area contributed by atoms with Crippen LogP contribution in [-0.4, -0.2) is 31.0 Å². The summed E-state index contributed by atoms with van der Waals surface area (Å²) in [6.45, 7) is 4.09. The third-order valence-electron chi connectivity index (χ3n) is 4.03. The molecule has 2 aromatic rings. The number of hydrogen-bond acceptors (Lipinski definition) is 3. The number of benzene rings is 2. The lowest BCUT2D eigenvalue weighted by atomic mass is 10.1. The second-order valence-electron chi connectivity index (χ2n) is 5.88. The Morgan fingerprint density at radius 3 is 2.67 bits per heavy atom. The zero-order valence-electron chi connectivity index (χ0n) is 14.5. The minimum absolute atomic E-state index is 0.169. The van der Waals surface area contributed by atoms with Crippen LogP contribution in [0.15, 0.2) is 42.5 Å². The monoisotopic (exact) mass is 330 g/mol. The number of carbonyl (C=O) groups excluding carboxylic acids is 1.